The van der Waals surface area contributed by atoms with Gasteiger partial charge in [0, 0.05) is 12.6 Å². The number of ether oxygens (including phenoxy) is 2. The highest BCUT2D eigenvalue weighted by atomic mass is 16.5. The molecule has 0 aliphatic heterocycles. The lowest BCUT2D eigenvalue weighted by Gasteiger charge is -2.25. The topological polar surface area (TPSA) is 56.5 Å². The van der Waals surface area contributed by atoms with E-state index in [0.29, 0.717) is 18.3 Å². The third-order valence-corrected chi connectivity index (χ3v) is 3.54. The van der Waals surface area contributed by atoms with Gasteiger partial charge in [-0.05, 0) is 39.5 Å². The van der Waals surface area contributed by atoms with Gasteiger partial charge < -0.3 is 14.6 Å². The van der Waals surface area contributed by atoms with Crippen LogP contribution in [0.25, 0.3) is 0 Å². The maximum absolute atomic E-state index is 10.7. The van der Waals surface area contributed by atoms with Crippen LogP contribution in [0.1, 0.15) is 51.5 Å². The lowest BCUT2D eigenvalue weighted by Crippen LogP contribution is -2.27. The minimum absolute atomic E-state index is 0.159. The summed E-state index contributed by atoms with van der Waals surface area (Å²) in [6, 6.07) is 0.176. The molecule has 1 N–H and O–H groups in total. The lowest BCUT2D eigenvalue weighted by molar-refractivity contribution is -0.0507. The number of methoxy groups -OCH3 is 1. The predicted octanol–water partition coefficient (Wildman–Crippen LogP) is 2.32. The van der Waals surface area contributed by atoms with E-state index in [9.17, 15) is 5.11 Å². The smallest absolute Gasteiger partial charge is 0.162 e. The van der Waals surface area contributed by atoms with Gasteiger partial charge in [0.1, 0.15) is 11.8 Å². The number of rotatable bonds is 7. The molecular formula is C14H24N2O3. The SMILES string of the molecule is CCOC(C1CC1)C(O)c1c(OC)cnn1C(C)C. The zero-order chi connectivity index (χ0) is 14.0. The van der Waals surface area contributed by atoms with Gasteiger partial charge in [-0.3, -0.25) is 4.68 Å². The fourth-order valence-electron chi connectivity index (χ4n) is 2.46. The van der Waals surface area contributed by atoms with Crippen LogP contribution in [0.3, 0.4) is 0 Å². The molecule has 1 heterocycles. The van der Waals surface area contributed by atoms with E-state index in [1.54, 1.807) is 13.3 Å². The molecule has 2 atom stereocenters. The van der Waals surface area contributed by atoms with Crippen LogP contribution in [0.4, 0.5) is 0 Å². The average Bonchev–Trinajstić information content (AvgIpc) is 3.12. The molecule has 1 aliphatic rings. The number of hydrogen-bond donors (Lipinski definition) is 1. The van der Waals surface area contributed by atoms with Gasteiger partial charge in [-0.25, -0.2) is 0 Å². The molecule has 0 saturated heterocycles. The van der Waals surface area contributed by atoms with Gasteiger partial charge in [-0.1, -0.05) is 0 Å². The van der Waals surface area contributed by atoms with Crippen molar-refractivity contribution in [2.45, 2.75) is 51.9 Å². The van der Waals surface area contributed by atoms with Crippen molar-refractivity contribution in [3.63, 3.8) is 0 Å². The first-order valence-electron chi connectivity index (χ1n) is 7.01. The molecule has 0 bridgehead atoms. The highest BCUT2D eigenvalue weighted by molar-refractivity contribution is 5.29. The third kappa shape index (κ3) is 2.92. The molecule has 2 unspecified atom stereocenters. The molecule has 1 aromatic rings. The Morgan fingerprint density at radius 3 is 2.63 bits per heavy atom. The second-order valence-corrected chi connectivity index (χ2v) is 5.34. The molecule has 0 amide bonds. The molecule has 19 heavy (non-hydrogen) atoms. The summed E-state index contributed by atoms with van der Waals surface area (Å²) in [7, 11) is 1.60. The minimum Gasteiger partial charge on any atom is -0.493 e. The summed E-state index contributed by atoms with van der Waals surface area (Å²) in [5, 5.41) is 15.0. The van der Waals surface area contributed by atoms with Gasteiger partial charge in [0.05, 0.1) is 19.4 Å². The van der Waals surface area contributed by atoms with Crippen LogP contribution in [0.15, 0.2) is 6.20 Å². The fraction of sp³-hybridized carbons (Fsp3) is 0.786. The van der Waals surface area contributed by atoms with Crippen molar-refractivity contribution in [3.05, 3.63) is 11.9 Å². The Labute approximate surface area is 114 Å². The summed E-state index contributed by atoms with van der Waals surface area (Å²) in [6.45, 7) is 6.64. The van der Waals surface area contributed by atoms with Gasteiger partial charge in [0.15, 0.2) is 5.75 Å². The van der Waals surface area contributed by atoms with Crippen molar-refractivity contribution in [2.75, 3.05) is 13.7 Å². The number of aliphatic hydroxyl groups is 1. The number of hydrogen-bond acceptors (Lipinski definition) is 4. The number of aromatic nitrogens is 2. The van der Waals surface area contributed by atoms with E-state index < -0.39 is 6.10 Å². The lowest BCUT2D eigenvalue weighted by atomic mass is 10.1. The minimum atomic E-state index is -0.688. The molecule has 1 fully saturated rings. The van der Waals surface area contributed by atoms with Gasteiger partial charge in [-0.2, -0.15) is 5.10 Å². The molecule has 1 saturated carbocycles. The van der Waals surface area contributed by atoms with Gasteiger partial charge in [0.25, 0.3) is 0 Å². The van der Waals surface area contributed by atoms with E-state index in [2.05, 4.69) is 5.10 Å². The zero-order valence-corrected chi connectivity index (χ0v) is 12.2. The fourth-order valence-corrected chi connectivity index (χ4v) is 2.46. The van der Waals surface area contributed by atoms with Crippen LogP contribution in [0, 0.1) is 5.92 Å². The van der Waals surface area contributed by atoms with Crippen molar-refractivity contribution in [3.8, 4) is 5.75 Å². The predicted molar refractivity (Wildman–Crippen MR) is 72.3 cm³/mol. The van der Waals surface area contributed by atoms with Crippen LogP contribution in [-0.2, 0) is 4.74 Å². The standard InChI is InChI=1S/C14H24N2O3/c1-5-19-14(10-6-7-10)13(17)12-11(18-4)8-15-16(12)9(2)3/h8-10,13-14,17H,5-7H2,1-4H3. The molecule has 0 radical (unpaired) electrons. The van der Waals surface area contributed by atoms with Crippen LogP contribution in [0.5, 0.6) is 5.75 Å². The Morgan fingerprint density at radius 1 is 1.47 bits per heavy atom. The van der Waals surface area contributed by atoms with E-state index in [1.807, 2.05) is 25.5 Å². The Kier molecular flexibility index (Phi) is 4.47. The zero-order valence-electron chi connectivity index (χ0n) is 12.2. The number of aliphatic hydroxyl groups excluding tert-OH is 1. The van der Waals surface area contributed by atoms with Crippen molar-refractivity contribution in [1.82, 2.24) is 9.78 Å². The highest BCUT2D eigenvalue weighted by Gasteiger charge is 2.40. The monoisotopic (exact) mass is 268 g/mol. The molecule has 2 rings (SSSR count). The molecule has 1 aromatic heterocycles. The van der Waals surface area contributed by atoms with E-state index >= 15 is 0 Å². The van der Waals surface area contributed by atoms with Crippen molar-refractivity contribution in [1.29, 1.82) is 0 Å². The number of nitrogens with zero attached hydrogens (tertiary/aromatic N) is 2. The normalized spacial score (nSPS) is 18.6. The van der Waals surface area contributed by atoms with E-state index in [1.165, 1.54) is 0 Å². The maximum Gasteiger partial charge on any atom is 0.162 e. The van der Waals surface area contributed by atoms with E-state index in [0.717, 1.165) is 18.5 Å². The molecule has 5 heteroatoms. The first-order chi connectivity index (χ1) is 9.10. The Morgan fingerprint density at radius 2 is 2.16 bits per heavy atom. The van der Waals surface area contributed by atoms with Crippen molar-refractivity contribution in [2.24, 2.45) is 5.92 Å². The third-order valence-electron chi connectivity index (χ3n) is 3.54. The van der Waals surface area contributed by atoms with Gasteiger partial charge in [0.2, 0.25) is 0 Å². The van der Waals surface area contributed by atoms with Gasteiger partial charge >= 0.3 is 0 Å². The molecule has 108 valence electrons. The molecule has 1 aliphatic carbocycles. The summed E-state index contributed by atoms with van der Waals surface area (Å²) < 4.78 is 12.9. The average molecular weight is 268 g/mol. The molecule has 5 nitrogen and oxygen atoms in total. The first-order valence-corrected chi connectivity index (χ1v) is 7.01. The maximum atomic E-state index is 10.7. The largest absolute Gasteiger partial charge is 0.493 e. The van der Waals surface area contributed by atoms with Crippen LogP contribution in [-0.4, -0.2) is 34.7 Å². The van der Waals surface area contributed by atoms with Crippen molar-refractivity contribution >= 4 is 0 Å². The highest BCUT2D eigenvalue weighted by Crippen LogP contribution is 2.42. The Hall–Kier alpha value is -1.07. The van der Waals surface area contributed by atoms with Gasteiger partial charge in [-0.15, -0.1) is 0 Å². The summed E-state index contributed by atoms with van der Waals surface area (Å²) in [6.07, 6.45) is 3.06. The van der Waals surface area contributed by atoms with E-state index in [4.69, 9.17) is 9.47 Å². The second-order valence-electron chi connectivity index (χ2n) is 5.34. The summed E-state index contributed by atoms with van der Waals surface area (Å²) in [5.74, 6) is 1.08. The van der Waals surface area contributed by atoms with Crippen molar-refractivity contribution < 1.29 is 14.6 Å². The van der Waals surface area contributed by atoms with Crippen LogP contribution >= 0.6 is 0 Å². The summed E-state index contributed by atoms with van der Waals surface area (Å²) in [5.41, 5.74) is 0.725. The Balaban J connectivity index is 2.29. The second kappa shape index (κ2) is 5.92. The van der Waals surface area contributed by atoms with Crippen LogP contribution in [0.2, 0.25) is 0 Å². The molecule has 0 spiro atoms. The Bertz CT molecular complexity index is 413. The first kappa shape index (κ1) is 14.3. The molecular weight excluding hydrogens is 244 g/mol. The molecule has 0 aromatic carbocycles. The quantitative estimate of drug-likeness (QED) is 0.824. The summed E-state index contributed by atoms with van der Waals surface area (Å²) in [4.78, 5) is 0. The summed E-state index contributed by atoms with van der Waals surface area (Å²) >= 11 is 0. The van der Waals surface area contributed by atoms with Crippen LogP contribution < -0.4 is 4.74 Å². The van der Waals surface area contributed by atoms with E-state index in [-0.39, 0.29) is 12.1 Å².